The number of aryl methyl sites for hydroxylation is 2. The number of nitrogens with zero attached hydrogens (tertiary/aromatic N) is 3. The average molecular weight is 445 g/mol. The van der Waals surface area contributed by atoms with E-state index in [0.29, 0.717) is 22.2 Å². The lowest BCUT2D eigenvalue weighted by Crippen LogP contribution is -2.47. The van der Waals surface area contributed by atoms with E-state index in [9.17, 15) is 13.2 Å². The Morgan fingerprint density at radius 2 is 1.60 bits per heavy atom. The summed E-state index contributed by atoms with van der Waals surface area (Å²) in [6.07, 6.45) is 1.40. The van der Waals surface area contributed by atoms with E-state index in [2.05, 4.69) is 15.5 Å². The van der Waals surface area contributed by atoms with Crippen molar-refractivity contribution in [3.05, 3.63) is 59.7 Å². The van der Waals surface area contributed by atoms with Crippen LogP contribution in [0, 0.1) is 13.8 Å². The summed E-state index contributed by atoms with van der Waals surface area (Å²) in [5, 5.41) is 11.9. The van der Waals surface area contributed by atoms with Gasteiger partial charge in [-0.3, -0.25) is 14.4 Å². The molecule has 1 unspecified atom stereocenters. The first-order chi connectivity index (χ1) is 14.2. The minimum atomic E-state index is -3.68. The Labute approximate surface area is 180 Å². The summed E-state index contributed by atoms with van der Waals surface area (Å²) in [5.74, 6) is -0.449. The van der Waals surface area contributed by atoms with Crippen LogP contribution in [0.25, 0.3) is 10.6 Å². The van der Waals surface area contributed by atoms with Crippen LogP contribution in [0.3, 0.4) is 0 Å². The Morgan fingerprint density at radius 3 is 2.13 bits per heavy atom. The van der Waals surface area contributed by atoms with Gasteiger partial charge in [0.05, 0.1) is 11.9 Å². The Morgan fingerprint density at radius 1 is 1.03 bits per heavy atom. The van der Waals surface area contributed by atoms with Gasteiger partial charge in [-0.2, -0.15) is 0 Å². The molecule has 158 valence electrons. The molecule has 0 saturated carbocycles. The predicted octanol–water partition coefficient (Wildman–Crippen LogP) is 4.01. The first-order valence-corrected chi connectivity index (χ1v) is 12.1. The van der Waals surface area contributed by atoms with E-state index < -0.39 is 22.0 Å². The second-order valence-electron chi connectivity index (χ2n) is 7.09. The zero-order valence-electron chi connectivity index (χ0n) is 17.3. The lowest BCUT2D eigenvalue weighted by atomic mass is 10.1. The van der Waals surface area contributed by atoms with Crippen molar-refractivity contribution in [2.24, 2.45) is 0 Å². The van der Waals surface area contributed by atoms with Gasteiger partial charge in [0.2, 0.25) is 21.1 Å². The fourth-order valence-electron chi connectivity index (χ4n) is 3.03. The van der Waals surface area contributed by atoms with Gasteiger partial charge in [0, 0.05) is 5.56 Å². The predicted molar refractivity (Wildman–Crippen MR) is 121 cm³/mol. The molecule has 30 heavy (non-hydrogen) atoms. The summed E-state index contributed by atoms with van der Waals surface area (Å²) in [5.41, 5.74) is 3.49. The Balaban J connectivity index is 1.84. The van der Waals surface area contributed by atoms with E-state index in [4.69, 9.17) is 0 Å². The number of benzene rings is 2. The van der Waals surface area contributed by atoms with Crippen LogP contribution in [0.2, 0.25) is 0 Å². The van der Waals surface area contributed by atoms with Gasteiger partial charge in [-0.05, 0) is 32.4 Å². The van der Waals surface area contributed by atoms with Crippen LogP contribution in [-0.2, 0) is 14.8 Å². The SMILES string of the molecule is CCC(C(=O)Nc1nnc(-c2ccc(C)cc2)s1)N(c1ccc(C)cc1)S(C)(=O)=O. The summed E-state index contributed by atoms with van der Waals surface area (Å²) in [4.78, 5) is 13.0. The molecule has 3 rings (SSSR count). The third kappa shape index (κ3) is 5.03. The Kier molecular flexibility index (Phi) is 6.52. The zero-order chi connectivity index (χ0) is 21.9. The number of aromatic nitrogens is 2. The molecule has 1 atom stereocenters. The molecule has 0 fully saturated rings. The third-order valence-corrected chi connectivity index (χ3v) is 6.64. The number of amides is 1. The number of rotatable bonds is 7. The van der Waals surface area contributed by atoms with Crippen LogP contribution in [0.4, 0.5) is 10.8 Å². The van der Waals surface area contributed by atoms with E-state index in [1.165, 1.54) is 11.3 Å². The molecule has 1 N–H and O–H groups in total. The summed E-state index contributed by atoms with van der Waals surface area (Å²) >= 11 is 1.24. The van der Waals surface area contributed by atoms with Gasteiger partial charge in [0.25, 0.3) is 0 Å². The van der Waals surface area contributed by atoms with Gasteiger partial charge < -0.3 is 0 Å². The maximum Gasteiger partial charge on any atom is 0.250 e. The summed E-state index contributed by atoms with van der Waals surface area (Å²) in [6.45, 7) is 5.69. The first-order valence-electron chi connectivity index (χ1n) is 9.46. The summed E-state index contributed by atoms with van der Waals surface area (Å²) in [7, 11) is -3.68. The van der Waals surface area contributed by atoms with Gasteiger partial charge in [0.15, 0.2) is 0 Å². The highest BCUT2D eigenvalue weighted by molar-refractivity contribution is 7.92. The number of hydrogen-bond donors (Lipinski definition) is 1. The summed E-state index contributed by atoms with van der Waals surface area (Å²) < 4.78 is 26.2. The van der Waals surface area contributed by atoms with Crippen molar-refractivity contribution in [3.63, 3.8) is 0 Å². The molecule has 2 aromatic carbocycles. The van der Waals surface area contributed by atoms with Gasteiger partial charge in [-0.25, -0.2) is 8.42 Å². The second kappa shape index (κ2) is 8.93. The highest BCUT2D eigenvalue weighted by Crippen LogP contribution is 2.28. The smallest absolute Gasteiger partial charge is 0.250 e. The molecule has 1 amide bonds. The van der Waals surface area contributed by atoms with Crippen molar-refractivity contribution < 1.29 is 13.2 Å². The number of carbonyl (C=O) groups excluding carboxylic acids is 1. The molecule has 0 spiro atoms. The van der Waals surface area contributed by atoms with Crippen LogP contribution >= 0.6 is 11.3 Å². The van der Waals surface area contributed by atoms with Crippen LogP contribution in [0.5, 0.6) is 0 Å². The van der Waals surface area contributed by atoms with Crippen molar-refractivity contribution in [2.75, 3.05) is 15.9 Å². The highest BCUT2D eigenvalue weighted by Gasteiger charge is 2.32. The van der Waals surface area contributed by atoms with E-state index in [1.807, 2.05) is 50.2 Å². The number of sulfonamides is 1. The zero-order valence-corrected chi connectivity index (χ0v) is 18.9. The standard InChI is InChI=1S/C21H24N4O3S2/c1-5-18(25(30(4,27)28)17-12-8-15(3)9-13-17)19(26)22-21-24-23-20(29-21)16-10-6-14(2)7-11-16/h6-13,18H,5H2,1-4H3,(H,22,24,26). The number of hydrogen-bond acceptors (Lipinski definition) is 6. The lowest BCUT2D eigenvalue weighted by Gasteiger charge is -2.29. The molecule has 9 heteroatoms. The number of carbonyl (C=O) groups is 1. The van der Waals surface area contributed by atoms with Crippen LogP contribution in [0.1, 0.15) is 24.5 Å². The molecule has 7 nitrogen and oxygen atoms in total. The molecule has 0 bridgehead atoms. The second-order valence-corrected chi connectivity index (χ2v) is 9.92. The van der Waals surface area contributed by atoms with E-state index in [1.54, 1.807) is 19.1 Å². The number of anilines is 2. The van der Waals surface area contributed by atoms with Crippen molar-refractivity contribution in [1.29, 1.82) is 0 Å². The van der Waals surface area contributed by atoms with E-state index >= 15 is 0 Å². The topological polar surface area (TPSA) is 92.3 Å². The van der Waals surface area contributed by atoms with Crippen molar-refractivity contribution in [1.82, 2.24) is 10.2 Å². The van der Waals surface area contributed by atoms with E-state index in [-0.39, 0.29) is 0 Å². The normalized spacial score (nSPS) is 12.4. The number of nitrogens with one attached hydrogen (secondary N) is 1. The minimum Gasteiger partial charge on any atom is -0.299 e. The van der Waals surface area contributed by atoms with Crippen LogP contribution in [0.15, 0.2) is 48.5 Å². The molecule has 0 saturated heterocycles. The Hall–Kier alpha value is -2.78. The first kappa shape index (κ1) is 21.9. The molecule has 0 aliphatic heterocycles. The lowest BCUT2D eigenvalue weighted by molar-refractivity contribution is -0.117. The molecule has 3 aromatic rings. The average Bonchev–Trinajstić information content (AvgIpc) is 3.15. The third-order valence-electron chi connectivity index (χ3n) is 4.57. The fraction of sp³-hybridized carbons (Fsp3) is 0.286. The molecular formula is C21H24N4O3S2. The van der Waals surface area contributed by atoms with Gasteiger partial charge in [0.1, 0.15) is 11.0 Å². The van der Waals surface area contributed by atoms with Gasteiger partial charge in [-0.15, -0.1) is 10.2 Å². The van der Waals surface area contributed by atoms with Crippen molar-refractivity contribution >= 4 is 38.1 Å². The molecule has 0 aliphatic carbocycles. The molecule has 1 aromatic heterocycles. The molecular weight excluding hydrogens is 420 g/mol. The maximum atomic E-state index is 13.0. The molecule has 0 aliphatic rings. The van der Waals surface area contributed by atoms with Gasteiger partial charge >= 0.3 is 0 Å². The highest BCUT2D eigenvalue weighted by atomic mass is 32.2. The quantitative estimate of drug-likeness (QED) is 0.594. The monoisotopic (exact) mass is 444 g/mol. The van der Waals surface area contributed by atoms with Crippen LogP contribution in [-0.4, -0.2) is 36.8 Å². The minimum absolute atomic E-state index is 0.302. The molecule has 0 radical (unpaired) electrons. The molecule has 1 heterocycles. The van der Waals surface area contributed by atoms with E-state index in [0.717, 1.165) is 27.3 Å². The summed E-state index contributed by atoms with van der Waals surface area (Å²) in [6, 6.07) is 14.0. The fourth-order valence-corrected chi connectivity index (χ4v) is 4.99. The van der Waals surface area contributed by atoms with Crippen LogP contribution < -0.4 is 9.62 Å². The Bertz CT molecular complexity index is 1120. The largest absolute Gasteiger partial charge is 0.299 e. The van der Waals surface area contributed by atoms with Gasteiger partial charge in [-0.1, -0.05) is 65.8 Å². The van der Waals surface area contributed by atoms with Crippen molar-refractivity contribution in [2.45, 2.75) is 33.2 Å². The maximum absolute atomic E-state index is 13.0. The van der Waals surface area contributed by atoms with Crippen molar-refractivity contribution in [3.8, 4) is 10.6 Å².